The Morgan fingerprint density at radius 3 is 2.90 bits per heavy atom. The van der Waals surface area contributed by atoms with E-state index in [0.717, 1.165) is 5.56 Å². The van der Waals surface area contributed by atoms with Crippen LogP contribution < -0.4 is 11.1 Å². The van der Waals surface area contributed by atoms with Crippen molar-refractivity contribution in [3.63, 3.8) is 0 Å². The number of methoxy groups -OCH3 is 1. The maximum absolute atomic E-state index is 11.8. The van der Waals surface area contributed by atoms with Gasteiger partial charge in [-0.3, -0.25) is 4.79 Å². The second-order valence-electron chi connectivity index (χ2n) is 4.74. The van der Waals surface area contributed by atoms with Gasteiger partial charge < -0.3 is 15.8 Å². The molecule has 1 aromatic rings. The van der Waals surface area contributed by atoms with Crippen LogP contribution in [0.5, 0.6) is 0 Å². The Kier molecular flexibility index (Phi) is 4.42. The molecular weight excluding hydrogens is 280 g/mol. The first kappa shape index (κ1) is 15.0. The third-order valence-corrected chi connectivity index (χ3v) is 5.13. The fraction of sp³-hybridized carbons (Fsp3) is 0.462. The normalized spacial score (nSPS) is 17.5. The van der Waals surface area contributed by atoms with Gasteiger partial charge >= 0.3 is 0 Å². The number of aryl methyl sites for hydroxylation is 1. The summed E-state index contributed by atoms with van der Waals surface area (Å²) >= 11 is 0. The molecule has 110 valence electrons. The van der Waals surface area contributed by atoms with Crippen LogP contribution in [-0.2, 0) is 25.8 Å². The van der Waals surface area contributed by atoms with E-state index in [1.807, 2.05) is 0 Å². The predicted molar refractivity (Wildman–Crippen MR) is 75.3 cm³/mol. The molecule has 6 nitrogen and oxygen atoms in total. The van der Waals surface area contributed by atoms with E-state index in [0.29, 0.717) is 17.0 Å². The summed E-state index contributed by atoms with van der Waals surface area (Å²) in [6, 6.07) is 4.97. The number of hydrogen-bond donors (Lipinski definition) is 2. The highest BCUT2D eigenvalue weighted by Crippen LogP contribution is 2.28. The minimum atomic E-state index is -3.19. The van der Waals surface area contributed by atoms with Crippen LogP contribution in [0.15, 0.2) is 23.1 Å². The van der Waals surface area contributed by atoms with Gasteiger partial charge in [-0.25, -0.2) is 8.42 Å². The second-order valence-corrected chi connectivity index (χ2v) is 6.81. The Bertz CT molecular complexity index is 609. The molecule has 1 amide bonds. The summed E-state index contributed by atoms with van der Waals surface area (Å²) in [5.74, 6) is -0.115. The summed E-state index contributed by atoms with van der Waals surface area (Å²) in [5.41, 5.74) is 6.73. The van der Waals surface area contributed by atoms with E-state index in [4.69, 9.17) is 10.5 Å². The summed E-state index contributed by atoms with van der Waals surface area (Å²) in [6.45, 7) is 0.252. The smallest absolute Gasteiger partial charge is 0.227 e. The molecule has 3 N–H and O–H groups in total. The number of benzene rings is 1. The highest BCUT2D eigenvalue weighted by molar-refractivity contribution is 7.91. The fourth-order valence-corrected chi connectivity index (χ4v) is 3.75. The van der Waals surface area contributed by atoms with Gasteiger partial charge in [0.1, 0.15) is 0 Å². The molecule has 1 unspecified atom stereocenters. The van der Waals surface area contributed by atoms with Crippen molar-refractivity contribution in [1.82, 2.24) is 0 Å². The number of amides is 1. The Labute approximate surface area is 118 Å². The van der Waals surface area contributed by atoms with E-state index in [-0.39, 0.29) is 30.7 Å². The number of nitrogens with one attached hydrogen (secondary N) is 1. The van der Waals surface area contributed by atoms with Gasteiger partial charge in [0.25, 0.3) is 0 Å². The average molecular weight is 298 g/mol. The van der Waals surface area contributed by atoms with Gasteiger partial charge in [-0.05, 0) is 24.1 Å². The third-order valence-electron chi connectivity index (χ3n) is 3.34. The molecule has 1 aliphatic rings. The van der Waals surface area contributed by atoms with Crippen molar-refractivity contribution in [3.05, 3.63) is 23.8 Å². The van der Waals surface area contributed by atoms with Crippen molar-refractivity contribution < 1.29 is 17.9 Å². The number of hydrogen-bond acceptors (Lipinski definition) is 5. The van der Waals surface area contributed by atoms with Crippen LogP contribution in [0.4, 0.5) is 5.69 Å². The predicted octanol–water partition coefficient (Wildman–Crippen LogP) is 0.319. The van der Waals surface area contributed by atoms with Crippen LogP contribution in [0.25, 0.3) is 0 Å². The molecule has 0 fully saturated rings. The van der Waals surface area contributed by atoms with Crippen LogP contribution in [0.2, 0.25) is 0 Å². The van der Waals surface area contributed by atoms with Crippen molar-refractivity contribution >= 4 is 21.4 Å². The first-order chi connectivity index (χ1) is 9.46. The summed E-state index contributed by atoms with van der Waals surface area (Å²) in [7, 11) is -1.70. The molecule has 1 aliphatic heterocycles. The van der Waals surface area contributed by atoms with E-state index in [1.54, 1.807) is 12.1 Å². The second kappa shape index (κ2) is 5.90. The highest BCUT2D eigenvalue weighted by Gasteiger charge is 2.26. The van der Waals surface area contributed by atoms with Crippen molar-refractivity contribution in [2.75, 3.05) is 24.7 Å². The van der Waals surface area contributed by atoms with Crippen LogP contribution in [0.3, 0.4) is 0 Å². The number of ether oxygens (including phenoxy) is 1. The molecule has 2 rings (SSSR count). The van der Waals surface area contributed by atoms with E-state index < -0.39 is 9.84 Å². The minimum Gasteiger partial charge on any atom is -0.380 e. The molecule has 1 heterocycles. The Hall–Kier alpha value is -1.44. The maximum Gasteiger partial charge on any atom is 0.227 e. The maximum atomic E-state index is 11.8. The minimum absolute atomic E-state index is 0.136. The zero-order chi connectivity index (χ0) is 14.8. The number of carbonyl (C=O) groups excluding carboxylic acids is 1. The Morgan fingerprint density at radius 2 is 2.25 bits per heavy atom. The fourth-order valence-electron chi connectivity index (χ4n) is 2.16. The van der Waals surface area contributed by atoms with Gasteiger partial charge in [-0.15, -0.1) is 0 Å². The zero-order valence-electron chi connectivity index (χ0n) is 11.3. The lowest BCUT2D eigenvalue weighted by Gasteiger charge is -2.13. The summed E-state index contributed by atoms with van der Waals surface area (Å²) in [6.07, 6.45) is 0.329. The third kappa shape index (κ3) is 3.17. The van der Waals surface area contributed by atoms with Crippen LogP contribution in [-0.4, -0.2) is 39.8 Å². The van der Waals surface area contributed by atoms with Gasteiger partial charge in [0, 0.05) is 19.3 Å². The zero-order valence-corrected chi connectivity index (χ0v) is 12.1. The number of sulfone groups is 1. The number of nitrogens with two attached hydrogens (primary N) is 1. The largest absolute Gasteiger partial charge is 0.380 e. The van der Waals surface area contributed by atoms with Crippen molar-refractivity contribution in [1.29, 1.82) is 0 Å². The van der Waals surface area contributed by atoms with E-state index in [2.05, 4.69) is 5.32 Å². The number of carbonyl (C=O) groups is 1. The standard InChI is InChI=1S/C13H18N2O4S/c1-19-11(8-14)7-13(16)15-10-3-2-9-4-5-20(17,18)12(9)6-10/h2-3,6,11H,4-5,7-8,14H2,1H3,(H,15,16). The monoisotopic (exact) mass is 298 g/mol. The van der Waals surface area contributed by atoms with E-state index in [9.17, 15) is 13.2 Å². The van der Waals surface area contributed by atoms with Gasteiger partial charge in [-0.2, -0.15) is 0 Å². The first-order valence-corrected chi connectivity index (χ1v) is 8.00. The number of rotatable bonds is 5. The molecule has 7 heteroatoms. The lowest BCUT2D eigenvalue weighted by molar-refractivity contribution is -0.118. The molecule has 1 aromatic carbocycles. The molecule has 20 heavy (non-hydrogen) atoms. The first-order valence-electron chi connectivity index (χ1n) is 6.34. The van der Waals surface area contributed by atoms with Gasteiger partial charge in [0.2, 0.25) is 5.91 Å². The quantitative estimate of drug-likeness (QED) is 0.815. The van der Waals surface area contributed by atoms with Crippen molar-refractivity contribution in [3.8, 4) is 0 Å². The van der Waals surface area contributed by atoms with Crippen molar-refractivity contribution in [2.45, 2.75) is 23.8 Å². The molecule has 0 saturated carbocycles. The van der Waals surface area contributed by atoms with E-state index >= 15 is 0 Å². The van der Waals surface area contributed by atoms with Gasteiger partial charge in [-0.1, -0.05) is 6.07 Å². The molecule has 0 aromatic heterocycles. The summed E-state index contributed by atoms with van der Waals surface area (Å²) in [5, 5.41) is 2.67. The average Bonchev–Trinajstić information content (AvgIpc) is 2.72. The number of anilines is 1. The van der Waals surface area contributed by atoms with Gasteiger partial charge in [0.15, 0.2) is 9.84 Å². The molecule has 0 bridgehead atoms. The number of fused-ring (bicyclic) bond motifs is 1. The molecule has 0 spiro atoms. The summed E-state index contributed by atoms with van der Waals surface area (Å²) < 4.78 is 28.7. The van der Waals surface area contributed by atoms with Crippen LogP contribution in [0, 0.1) is 0 Å². The lowest BCUT2D eigenvalue weighted by Crippen LogP contribution is -2.28. The van der Waals surface area contributed by atoms with Crippen LogP contribution in [0.1, 0.15) is 12.0 Å². The highest BCUT2D eigenvalue weighted by atomic mass is 32.2. The van der Waals surface area contributed by atoms with Crippen molar-refractivity contribution in [2.24, 2.45) is 5.73 Å². The lowest BCUT2D eigenvalue weighted by atomic mass is 10.1. The Morgan fingerprint density at radius 1 is 1.50 bits per heavy atom. The van der Waals surface area contributed by atoms with E-state index in [1.165, 1.54) is 13.2 Å². The topological polar surface area (TPSA) is 98.5 Å². The molecular formula is C13H18N2O4S. The van der Waals surface area contributed by atoms with Crippen LogP contribution >= 0.6 is 0 Å². The summed E-state index contributed by atoms with van der Waals surface area (Å²) in [4.78, 5) is 12.1. The van der Waals surface area contributed by atoms with Gasteiger partial charge in [0.05, 0.1) is 23.2 Å². The SMILES string of the molecule is COC(CN)CC(=O)Nc1ccc2c(c1)S(=O)(=O)CC2. The molecule has 0 saturated heterocycles. The molecule has 0 radical (unpaired) electrons. The molecule has 0 aliphatic carbocycles. The molecule has 1 atom stereocenters. The Balaban J connectivity index is 2.10.